The molecule has 4 N–H and O–H groups in total. The first kappa shape index (κ1) is 42.1. The number of carboxylic acids is 1. The van der Waals surface area contributed by atoms with E-state index in [-0.39, 0.29) is 24.2 Å². The van der Waals surface area contributed by atoms with Gasteiger partial charge in [-0.05, 0) is 45.6 Å². The molecule has 2 aliphatic heterocycles. The Balaban J connectivity index is 2.48. The number of aliphatic hydroxyl groups excluding tert-OH is 2. The Bertz CT molecular complexity index is 1300. The largest absolute Gasteiger partial charge is 0.478 e. The molecule has 11 nitrogen and oxygen atoms in total. The van der Waals surface area contributed by atoms with Gasteiger partial charge >= 0.3 is 17.9 Å². The van der Waals surface area contributed by atoms with Gasteiger partial charge in [-0.2, -0.15) is 0 Å². The van der Waals surface area contributed by atoms with E-state index >= 15 is 0 Å². The molecule has 0 saturated carbocycles. The molecular weight excluding hydrogens is 632 g/mol. The molecule has 0 aromatic rings. The number of methoxy groups -OCH3 is 1. The predicted molar refractivity (Wildman–Crippen MR) is 185 cm³/mol. The van der Waals surface area contributed by atoms with E-state index in [1.165, 1.54) is 7.11 Å². The highest BCUT2D eigenvalue weighted by Gasteiger charge is 2.52. The van der Waals surface area contributed by atoms with Crippen LogP contribution >= 0.6 is 0 Å². The Labute approximate surface area is 291 Å². The van der Waals surface area contributed by atoms with Crippen molar-refractivity contribution in [2.24, 2.45) is 29.6 Å². The monoisotopic (exact) mass is 690 g/mol. The summed E-state index contributed by atoms with van der Waals surface area (Å²) in [5.41, 5.74) is 2.15. The normalized spacial score (nSPS) is 34.2. The third-order valence-corrected chi connectivity index (χ3v) is 9.91. The van der Waals surface area contributed by atoms with Crippen molar-refractivity contribution in [3.63, 3.8) is 0 Å². The molecular formula is C38H58O11. The van der Waals surface area contributed by atoms with Gasteiger partial charge in [0.2, 0.25) is 0 Å². The average Bonchev–Trinajstić information content (AvgIpc) is 3.04. The van der Waals surface area contributed by atoms with Crippen LogP contribution in [-0.4, -0.2) is 87.9 Å². The van der Waals surface area contributed by atoms with E-state index in [9.17, 15) is 29.7 Å². The van der Waals surface area contributed by atoms with Gasteiger partial charge in [-0.25, -0.2) is 14.4 Å². The van der Waals surface area contributed by atoms with Crippen LogP contribution in [-0.2, 0) is 33.3 Å². The van der Waals surface area contributed by atoms with E-state index < -0.39 is 72.2 Å². The Morgan fingerprint density at radius 3 is 2.39 bits per heavy atom. The molecule has 12 atom stereocenters. The van der Waals surface area contributed by atoms with E-state index in [0.717, 1.165) is 17.2 Å². The molecule has 2 heterocycles. The number of allylic oxidation sites excluding steroid dienone is 5. The van der Waals surface area contributed by atoms with Crippen molar-refractivity contribution in [1.29, 1.82) is 0 Å². The smallest absolute Gasteiger partial charge is 0.334 e. The average molecular weight is 691 g/mol. The fourth-order valence-corrected chi connectivity index (χ4v) is 6.79. The van der Waals surface area contributed by atoms with Crippen LogP contribution in [0.15, 0.2) is 59.3 Å². The van der Waals surface area contributed by atoms with Gasteiger partial charge < -0.3 is 39.4 Å². The van der Waals surface area contributed by atoms with Crippen molar-refractivity contribution in [3.8, 4) is 0 Å². The SMILES string of the molecule is CC[C@H]1O[C@@](O)([C@@H](C)[C@H](O)[C@H](C)[C@H]2OC(=O)C(C)=CC(C)=C[C@@H](C)[C@@H](O)[C@@H](C)CC(C)=CC=C[C@@H]2OC)C[C@@H](OC(=O)/C=C/C(=O)O)[C@H]1C. The molecule has 0 amide bonds. The lowest BCUT2D eigenvalue weighted by molar-refractivity contribution is -0.323. The second kappa shape index (κ2) is 18.8. The van der Waals surface area contributed by atoms with E-state index in [0.29, 0.717) is 24.5 Å². The first-order valence-electron chi connectivity index (χ1n) is 17.2. The molecule has 1 saturated heterocycles. The second-order valence-corrected chi connectivity index (χ2v) is 14.0. The van der Waals surface area contributed by atoms with Gasteiger partial charge in [0.05, 0.1) is 18.3 Å². The number of ether oxygens (including phenoxy) is 4. The van der Waals surface area contributed by atoms with Crippen LogP contribution < -0.4 is 0 Å². The van der Waals surface area contributed by atoms with Crippen molar-refractivity contribution in [3.05, 3.63) is 59.3 Å². The van der Waals surface area contributed by atoms with E-state index in [4.69, 9.17) is 24.1 Å². The summed E-state index contributed by atoms with van der Waals surface area (Å²) in [5.74, 6) is -6.97. The van der Waals surface area contributed by atoms with Gasteiger partial charge in [0.25, 0.3) is 0 Å². The van der Waals surface area contributed by atoms with E-state index in [1.807, 2.05) is 53.7 Å². The van der Waals surface area contributed by atoms with Crippen LogP contribution in [0.1, 0.15) is 81.6 Å². The number of carbonyl (C=O) groups excluding carboxylic acids is 2. The molecule has 2 aliphatic rings. The predicted octanol–water partition coefficient (Wildman–Crippen LogP) is 5.05. The fourth-order valence-electron chi connectivity index (χ4n) is 6.79. The van der Waals surface area contributed by atoms with Crippen LogP contribution in [0.3, 0.4) is 0 Å². The quantitative estimate of drug-likeness (QED) is 0.189. The minimum Gasteiger partial charge on any atom is -0.478 e. The summed E-state index contributed by atoms with van der Waals surface area (Å²) in [7, 11) is 1.48. The summed E-state index contributed by atoms with van der Waals surface area (Å²) >= 11 is 0. The number of esters is 2. The van der Waals surface area contributed by atoms with Crippen molar-refractivity contribution >= 4 is 17.9 Å². The maximum atomic E-state index is 13.5. The fraction of sp³-hybridized carbons (Fsp3) is 0.658. The van der Waals surface area contributed by atoms with E-state index in [1.54, 1.807) is 39.0 Å². The van der Waals surface area contributed by atoms with E-state index in [2.05, 4.69) is 0 Å². The summed E-state index contributed by atoms with van der Waals surface area (Å²) in [5, 5.41) is 43.5. The van der Waals surface area contributed by atoms with Gasteiger partial charge in [0, 0.05) is 54.9 Å². The van der Waals surface area contributed by atoms with Gasteiger partial charge in [0.1, 0.15) is 18.3 Å². The highest BCUT2D eigenvalue weighted by Crippen LogP contribution is 2.41. The van der Waals surface area contributed by atoms with Gasteiger partial charge in [0.15, 0.2) is 5.79 Å². The summed E-state index contributed by atoms with van der Waals surface area (Å²) < 4.78 is 23.6. The molecule has 0 aliphatic carbocycles. The Kier molecular flexibility index (Phi) is 16.1. The van der Waals surface area contributed by atoms with Crippen LogP contribution in [0.4, 0.5) is 0 Å². The van der Waals surface area contributed by atoms with Crippen LogP contribution in [0, 0.1) is 29.6 Å². The number of rotatable bonds is 9. The maximum absolute atomic E-state index is 13.5. The number of aliphatic hydroxyl groups is 3. The van der Waals surface area contributed by atoms with Gasteiger partial charge in [-0.15, -0.1) is 0 Å². The molecule has 1 fully saturated rings. The summed E-state index contributed by atoms with van der Waals surface area (Å²) in [6.45, 7) is 16.4. The Morgan fingerprint density at radius 2 is 1.80 bits per heavy atom. The summed E-state index contributed by atoms with van der Waals surface area (Å²) in [6, 6.07) is 0. The Morgan fingerprint density at radius 1 is 1.14 bits per heavy atom. The Hall–Kier alpha value is -3.09. The number of carbonyl (C=O) groups is 3. The van der Waals surface area contributed by atoms with Crippen molar-refractivity contribution in [2.75, 3.05) is 7.11 Å². The lowest BCUT2D eigenvalue weighted by Gasteiger charge is -2.49. The highest BCUT2D eigenvalue weighted by molar-refractivity contribution is 5.90. The maximum Gasteiger partial charge on any atom is 0.334 e. The minimum absolute atomic E-state index is 0.0123. The van der Waals surface area contributed by atoms with Crippen LogP contribution in [0.2, 0.25) is 0 Å². The number of hydrogen-bond acceptors (Lipinski definition) is 10. The lowest BCUT2D eigenvalue weighted by atomic mass is 9.77. The molecule has 276 valence electrons. The molecule has 0 aromatic carbocycles. The zero-order valence-corrected chi connectivity index (χ0v) is 30.7. The third-order valence-electron chi connectivity index (χ3n) is 9.91. The molecule has 49 heavy (non-hydrogen) atoms. The molecule has 11 heteroatoms. The van der Waals surface area contributed by atoms with Crippen molar-refractivity contribution < 1.29 is 53.8 Å². The zero-order valence-electron chi connectivity index (χ0n) is 30.7. The van der Waals surface area contributed by atoms with Gasteiger partial charge in [-0.1, -0.05) is 77.0 Å². The number of hydrogen-bond donors (Lipinski definition) is 4. The number of cyclic esters (lactones) is 1. The van der Waals surface area contributed by atoms with Crippen LogP contribution in [0.25, 0.3) is 0 Å². The highest BCUT2D eigenvalue weighted by atomic mass is 16.6. The minimum atomic E-state index is -1.95. The molecule has 2 rings (SSSR count). The first-order chi connectivity index (χ1) is 22.8. The topological polar surface area (TPSA) is 169 Å². The molecule has 0 aromatic heterocycles. The third kappa shape index (κ3) is 11.7. The number of aliphatic carboxylic acids is 1. The van der Waals surface area contributed by atoms with Crippen LogP contribution in [0.5, 0.6) is 0 Å². The molecule has 0 bridgehead atoms. The standard InChI is InChI=1S/C38H58O11/c1-11-29-26(7)31(47-33(41)16-15-32(39)40)20-38(45,49-29)28(9)35(43)27(8)36-30(46-10)14-12-13-21(2)17-23(4)34(42)24(5)18-22(3)19-25(6)37(44)48-36/h12-16,18-19,23-24,26-31,34-36,42-43,45H,11,17,20H2,1-10H3,(H,39,40)/b14-12?,16-15+,21-13?,22-18?,25-19?/t23-,24+,26-,27-,28-,29+,30-,31+,34-,35+,36+,38+/m0/s1. The second-order valence-electron chi connectivity index (χ2n) is 14.0. The van der Waals surface area contributed by atoms with Crippen molar-refractivity contribution in [1.82, 2.24) is 0 Å². The first-order valence-corrected chi connectivity index (χ1v) is 17.2. The van der Waals surface area contributed by atoms with Gasteiger partial charge in [-0.3, -0.25) is 0 Å². The molecule has 0 unspecified atom stereocenters. The lowest BCUT2D eigenvalue weighted by Crippen LogP contribution is -2.58. The summed E-state index contributed by atoms with van der Waals surface area (Å²) in [4.78, 5) is 36.8. The molecule has 0 spiro atoms. The number of carboxylic acid groups (broad SMARTS) is 1. The molecule has 0 radical (unpaired) electrons. The zero-order chi connectivity index (χ0) is 37.2. The summed E-state index contributed by atoms with van der Waals surface area (Å²) in [6.07, 6.45) is 6.52. The van der Waals surface area contributed by atoms with Crippen molar-refractivity contribution in [2.45, 2.75) is 124 Å².